The van der Waals surface area contributed by atoms with E-state index in [4.69, 9.17) is 0 Å². The minimum atomic E-state index is -4.41. The monoisotopic (exact) mass is 350 g/mol. The number of aromatic nitrogens is 3. The molecule has 25 heavy (non-hydrogen) atoms. The van der Waals surface area contributed by atoms with Crippen molar-refractivity contribution < 1.29 is 17.6 Å². The molecule has 1 atom stereocenters. The van der Waals surface area contributed by atoms with Gasteiger partial charge in [0.2, 0.25) is 5.95 Å². The lowest BCUT2D eigenvalue weighted by molar-refractivity contribution is -0.137. The van der Waals surface area contributed by atoms with E-state index in [0.717, 1.165) is 12.1 Å². The van der Waals surface area contributed by atoms with Crippen LogP contribution >= 0.6 is 0 Å². The largest absolute Gasteiger partial charge is 0.416 e. The summed E-state index contributed by atoms with van der Waals surface area (Å²) in [6.07, 6.45) is -3.12. The van der Waals surface area contributed by atoms with Crippen molar-refractivity contribution in [3.63, 3.8) is 0 Å². The Bertz CT molecular complexity index is 924. The van der Waals surface area contributed by atoms with Crippen molar-refractivity contribution in [1.29, 1.82) is 0 Å². The molecule has 0 aliphatic carbocycles. The summed E-state index contributed by atoms with van der Waals surface area (Å²) in [4.78, 5) is 12.0. The maximum absolute atomic E-state index is 13.4. The number of alkyl halides is 3. The second kappa shape index (κ2) is 6.27. The number of anilines is 1. The van der Waals surface area contributed by atoms with Crippen molar-refractivity contribution in [3.8, 4) is 0 Å². The molecule has 2 aromatic heterocycles. The number of rotatable bonds is 3. The van der Waals surface area contributed by atoms with Crippen LogP contribution in [0.4, 0.5) is 23.4 Å². The van der Waals surface area contributed by atoms with Crippen molar-refractivity contribution in [2.45, 2.75) is 26.1 Å². The van der Waals surface area contributed by atoms with Crippen LogP contribution in [0.5, 0.6) is 0 Å². The molecule has 130 valence electrons. The van der Waals surface area contributed by atoms with E-state index in [-0.39, 0.29) is 0 Å². The van der Waals surface area contributed by atoms with E-state index in [1.807, 2.05) is 0 Å². The molecular weight excluding hydrogens is 336 g/mol. The lowest BCUT2D eigenvalue weighted by Crippen LogP contribution is -2.12. The van der Waals surface area contributed by atoms with Gasteiger partial charge in [-0.3, -0.25) is 0 Å². The summed E-state index contributed by atoms with van der Waals surface area (Å²) in [6.45, 7) is 3.37. The fraction of sp³-hybridized carbons (Fsp3) is 0.235. The van der Waals surface area contributed by atoms with Crippen molar-refractivity contribution in [1.82, 2.24) is 15.0 Å². The number of pyridine rings is 1. The minimum absolute atomic E-state index is 0.341. The molecular formula is C17H14F4N4. The molecule has 0 saturated heterocycles. The van der Waals surface area contributed by atoms with Gasteiger partial charge in [0, 0.05) is 17.5 Å². The molecule has 8 heteroatoms. The third-order valence-corrected chi connectivity index (χ3v) is 3.73. The molecule has 1 N–H and O–H groups in total. The molecule has 0 aliphatic heterocycles. The number of benzene rings is 1. The molecule has 0 amide bonds. The Kier molecular flexibility index (Phi) is 4.28. The third kappa shape index (κ3) is 3.67. The topological polar surface area (TPSA) is 50.7 Å². The second-order valence-corrected chi connectivity index (χ2v) is 5.63. The summed E-state index contributed by atoms with van der Waals surface area (Å²) < 4.78 is 52.1. The Morgan fingerprint density at radius 3 is 2.60 bits per heavy atom. The highest BCUT2D eigenvalue weighted by Crippen LogP contribution is 2.32. The summed E-state index contributed by atoms with van der Waals surface area (Å²) in [5.74, 6) is 0.100. The Balaban J connectivity index is 1.97. The molecule has 3 rings (SSSR count). The highest BCUT2D eigenvalue weighted by Gasteiger charge is 2.30. The minimum Gasteiger partial charge on any atom is -0.363 e. The lowest BCUT2D eigenvalue weighted by atomic mass is 10.0. The second-order valence-electron chi connectivity index (χ2n) is 5.63. The Hall–Kier alpha value is -2.77. The third-order valence-electron chi connectivity index (χ3n) is 3.73. The molecule has 0 saturated carbocycles. The van der Waals surface area contributed by atoms with Gasteiger partial charge >= 0.3 is 6.18 Å². The quantitative estimate of drug-likeness (QED) is 0.551. The standard InChI is InChI=1S/C17H14F4N4/c1-9(11-4-3-5-12(6-11)17(19,20)21)23-16-13-7-15(18)22-8-14(13)24-10(2)25-16/h3-9H,1-2H3,(H,23,24,25). The van der Waals surface area contributed by atoms with Crippen LogP contribution in [0.3, 0.4) is 0 Å². The molecule has 0 bridgehead atoms. The molecule has 2 heterocycles. The number of hydrogen-bond donors (Lipinski definition) is 1. The summed E-state index contributed by atoms with van der Waals surface area (Å²) in [7, 11) is 0. The van der Waals surface area contributed by atoms with Crippen LogP contribution in [-0.2, 0) is 6.18 Å². The average Bonchev–Trinajstić information content (AvgIpc) is 2.55. The van der Waals surface area contributed by atoms with Gasteiger partial charge in [0.1, 0.15) is 11.6 Å². The van der Waals surface area contributed by atoms with Crippen LogP contribution in [-0.4, -0.2) is 15.0 Å². The van der Waals surface area contributed by atoms with E-state index >= 15 is 0 Å². The van der Waals surface area contributed by atoms with Gasteiger partial charge in [-0.25, -0.2) is 15.0 Å². The van der Waals surface area contributed by atoms with Crippen LogP contribution in [0.25, 0.3) is 10.9 Å². The first-order valence-electron chi connectivity index (χ1n) is 7.47. The number of fused-ring (bicyclic) bond motifs is 1. The van der Waals surface area contributed by atoms with E-state index in [1.54, 1.807) is 19.9 Å². The average molecular weight is 350 g/mol. The summed E-state index contributed by atoms with van der Waals surface area (Å²) in [6, 6.07) is 5.75. The summed E-state index contributed by atoms with van der Waals surface area (Å²) >= 11 is 0. The van der Waals surface area contributed by atoms with Crippen molar-refractivity contribution >= 4 is 16.7 Å². The maximum Gasteiger partial charge on any atom is 0.416 e. The van der Waals surface area contributed by atoms with E-state index in [2.05, 4.69) is 20.3 Å². The van der Waals surface area contributed by atoms with Crippen LogP contribution in [0, 0.1) is 12.9 Å². The van der Waals surface area contributed by atoms with Crippen LogP contribution in [0.2, 0.25) is 0 Å². The number of nitrogens with one attached hydrogen (secondary N) is 1. The zero-order valence-corrected chi connectivity index (χ0v) is 13.4. The van der Waals surface area contributed by atoms with E-state index in [1.165, 1.54) is 18.3 Å². The molecule has 1 aromatic carbocycles. The van der Waals surface area contributed by atoms with E-state index < -0.39 is 23.7 Å². The lowest BCUT2D eigenvalue weighted by Gasteiger charge is -2.18. The molecule has 1 unspecified atom stereocenters. The van der Waals surface area contributed by atoms with Crippen molar-refractivity contribution in [3.05, 3.63) is 59.4 Å². The first-order valence-corrected chi connectivity index (χ1v) is 7.47. The molecule has 0 fully saturated rings. The highest BCUT2D eigenvalue weighted by atomic mass is 19.4. The van der Waals surface area contributed by atoms with Crippen LogP contribution in [0.1, 0.15) is 29.9 Å². The molecule has 3 aromatic rings. The smallest absolute Gasteiger partial charge is 0.363 e. The summed E-state index contributed by atoms with van der Waals surface area (Å²) in [5.41, 5.74) is 0.166. The van der Waals surface area contributed by atoms with Gasteiger partial charge in [-0.2, -0.15) is 17.6 Å². The van der Waals surface area contributed by atoms with Gasteiger partial charge in [0.15, 0.2) is 0 Å². The Morgan fingerprint density at radius 1 is 1.12 bits per heavy atom. The predicted molar refractivity (Wildman–Crippen MR) is 85.5 cm³/mol. The number of nitrogens with zero attached hydrogens (tertiary/aromatic N) is 3. The molecule has 4 nitrogen and oxygen atoms in total. The van der Waals surface area contributed by atoms with E-state index in [9.17, 15) is 17.6 Å². The number of halogens is 4. The van der Waals surface area contributed by atoms with Gasteiger partial charge in [-0.15, -0.1) is 0 Å². The van der Waals surface area contributed by atoms with Gasteiger partial charge in [0.25, 0.3) is 0 Å². The van der Waals surface area contributed by atoms with Crippen molar-refractivity contribution in [2.24, 2.45) is 0 Å². The van der Waals surface area contributed by atoms with Crippen molar-refractivity contribution in [2.75, 3.05) is 5.32 Å². The first-order chi connectivity index (χ1) is 11.7. The fourth-order valence-corrected chi connectivity index (χ4v) is 2.51. The number of hydrogen-bond acceptors (Lipinski definition) is 4. The van der Waals surface area contributed by atoms with Gasteiger partial charge < -0.3 is 5.32 Å². The van der Waals surface area contributed by atoms with Crippen LogP contribution < -0.4 is 5.32 Å². The van der Waals surface area contributed by atoms with Crippen LogP contribution in [0.15, 0.2) is 36.5 Å². The Labute approximate surface area is 141 Å². The Morgan fingerprint density at radius 2 is 1.88 bits per heavy atom. The molecule has 0 radical (unpaired) electrons. The maximum atomic E-state index is 13.4. The fourth-order valence-electron chi connectivity index (χ4n) is 2.51. The zero-order valence-electron chi connectivity index (χ0n) is 13.4. The molecule has 0 aliphatic rings. The summed E-state index contributed by atoms with van der Waals surface area (Å²) in [5, 5.41) is 3.45. The van der Waals surface area contributed by atoms with Gasteiger partial charge in [0.05, 0.1) is 17.3 Å². The first kappa shape index (κ1) is 17.1. The van der Waals surface area contributed by atoms with E-state index in [0.29, 0.717) is 28.1 Å². The predicted octanol–water partition coefficient (Wildman–Crippen LogP) is 4.66. The highest BCUT2D eigenvalue weighted by molar-refractivity contribution is 5.88. The SMILES string of the molecule is Cc1nc(NC(C)c2cccc(C(F)(F)F)c2)c2cc(F)ncc2n1. The molecule has 0 spiro atoms. The zero-order chi connectivity index (χ0) is 18.2. The normalized spacial score (nSPS) is 13.0. The van der Waals surface area contributed by atoms with Gasteiger partial charge in [-0.05, 0) is 31.5 Å². The van der Waals surface area contributed by atoms with Gasteiger partial charge in [-0.1, -0.05) is 12.1 Å². The number of aryl methyl sites for hydroxylation is 1.